The molecule has 0 radical (unpaired) electrons. The number of amides is 1. The van der Waals surface area contributed by atoms with Gasteiger partial charge in [-0.1, -0.05) is 24.3 Å². The molecule has 0 bridgehead atoms. The maximum absolute atomic E-state index is 12.5. The molecule has 1 N–H and O–H groups in total. The number of anilines is 1. The standard InChI is InChI=1S/C23H29N3O4/c1-3-30-23(28)20-6-4-5-7-21(20)24-22(27)17-26-14-12-25(13-15-26)16-18-8-10-19(29-2)11-9-18/h4-11H,3,12-17H2,1-2H3,(H,24,27). The molecule has 0 unspecified atom stereocenters. The van der Waals surface area contributed by atoms with Crippen LogP contribution in [-0.2, 0) is 16.1 Å². The van der Waals surface area contributed by atoms with Gasteiger partial charge < -0.3 is 14.8 Å². The van der Waals surface area contributed by atoms with Gasteiger partial charge in [-0.25, -0.2) is 4.79 Å². The first-order chi connectivity index (χ1) is 14.6. The zero-order chi connectivity index (χ0) is 21.3. The van der Waals surface area contributed by atoms with Gasteiger partial charge in [0.15, 0.2) is 0 Å². The Morgan fingerprint density at radius 3 is 2.30 bits per heavy atom. The summed E-state index contributed by atoms with van der Waals surface area (Å²) in [6.07, 6.45) is 0. The zero-order valence-electron chi connectivity index (χ0n) is 17.6. The lowest BCUT2D eigenvalue weighted by molar-refractivity contribution is -0.117. The number of esters is 1. The maximum atomic E-state index is 12.5. The monoisotopic (exact) mass is 411 g/mol. The van der Waals surface area contributed by atoms with Gasteiger partial charge in [0, 0.05) is 32.7 Å². The molecule has 2 aromatic carbocycles. The highest BCUT2D eigenvalue weighted by Crippen LogP contribution is 2.17. The molecular weight excluding hydrogens is 382 g/mol. The van der Waals surface area contributed by atoms with E-state index in [1.165, 1.54) is 5.56 Å². The highest BCUT2D eigenvalue weighted by Gasteiger charge is 2.20. The van der Waals surface area contributed by atoms with E-state index in [1.807, 2.05) is 12.1 Å². The Labute approximate surface area is 177 Å². The number of ether oxygens (including phenoxy) is 2. The van der Waals surface area contributed by atoms with E-state index in [1.54, 1.807) is 38.3 Å². The molecule has 3 rings (SSSR count). The molecule has 1 aliphatic rings. The molecule has 1 aliphatic heterocycles. The Morgan fingerprint density at radius 1 is 0.967 bits per heavy atom. The third-order valence-electron chi connectivity index (χ3n) is 5.09. The van der Waals surface area contributed by atoms with Crippen LogP contribution in [0.2, 0.25) is 0 Å². The number of nitrogens with one attached hydrogen (secondary N) is 1. The van der Waals surface area contributed by atoms with Crippen molar-refractivity contribution in [2.45, 2.75) is 13.5 Å². The van der Waals surface area contributed by atoms with Crippen molar-refractivity contribution in [1.29, 1.82) is 0 Å². The quantitative estimate of drug-likeness (QED) is 0.674. The number of para-hydroxylation sites is 1. The van der Waals surface area contributed by atoms with Crippen LogP contribution < -0.4 is 10.1 Å². The van der Waals surface area contributed by atoms with Crippen LogP contribution in [-0.4, -0.2) is 68.1 Å². The van der Waals surface area contributed by atoms with Gasteiger partial charge in [0.2, 0.25) is 5.91 Å². The lowest BCUT2D eigenvalue weighted by atomic mass is 10.1. The summed E-state index contributed by atoms with van der Waals surface area (Å²) in [6, 6.07) is 15.0. The second kappa shape index (κ2) is 10.8. The average molecular weight is 412 g/mol. The second-order valence-electron chi connectivity index (χ2n) is 7.21. The summed E-state index contributed by atoms with van der Waals surface area (Å²) in [6.45, 7) is 6.68. The molecule has 1 amide bonds. The Bertz CT molecular complexity index is 846. The first kappa shape index (κ1) is 21.8. The minimum absolute atomic E-state index is 0.129. The fourth-order valence-corrected chi connectivity index (χ4v) is 3.47. The first-order valence-corrected chi connectivity index (χ1v) is 10.2. The molecule has 7 heteroatoms. The van der Waals surface area contributed by atoms with Gasteiger partial charge in [-0.05, 0) is 36.8 Å². The Morgan fingerprint density at radius 2 is 1.63 bits per heavy atom. The summed E-state index contributed by atoms with van der Waals surface area (Å²) in [5.74, 6) is 0.301. The number of hydrogen-bond acceptors (Lipinski definition) is 6. The van der Waals surface area contributed by atoms with Crippen LogP contribution in [0.25, 0.3) is 0 Å². The fraction of sp³-hybridized carbons (Fsp3) is 0.391. The highest BCUT2D eigenvalue weighted by atomic mass is 16.5. The van der Waals surface area contributed by atoms with Gasteiger partial charge in [-0.15, -0.1) is 0 Å². The van der Waals surface area contributed by atoms with Gasteiger partial charge in [0.05, 0.1) is 31.5 Å². The molecule has 1 fully saturated rings. The summed E-state index contributed by atoms with van der Waals surface area (Å²) in [7, 11) is 1.67. The van der Waals surface area contributed by atoms with E-state index in [0.29, 0.717) is 24.4 Å². The lowest BCUT2D eigenvalue weighted by Gasteiger charge is -2.34. The third-order valence-corrected chi connectivity index (χ3v) is 5.09. The molecule has 30 heavy (non-hydrogen) atoms. The summed E-state index contributed by atoms with van der Waals surface area (Å²) in [5, 5.41) is 2.85. The van der Waals surface area contributed by atoms with Crippen molar-refractivity contribution < 1.29 is 19.1 Å². The number of nitrogens with zero attached hydrogens (tertiary/aromatic N) is 2. The van der Waals surface area contributed by atoms with E-state index >= 15 is 0 Å². The van der Waals surface area contributed by atoms with Crippen LogP contribution in [0.3, 0.4) is 0 Å². The SMILES string of the molecule is CCOC(=O)c1ccccc1NC(=O)CN1CCN(Cc2ccc(OC)cc2)CC1. The van der Waals surface area contributed by atoms with E-state index in [-0.39, 0.29) is 5.91 Å². The topological polar surface area (TPSA) is 71.1 Å². The molecular formula is C23H29N3O4. The Hall–Kier alpha value is -2.90. The van der Waals surface area contributed by atoms with Crippen LogP contribution in [0, 0.1) is 0 Å². The van der Waals surface area contributed by atoms with Crippen molar-refractivity contribution in [3.63, 3.8) is 0 Å². The number of methoxy groups -OCH3 is 1. The van der Waals surface area contributed by atoms with E-state index in [9.17, 15) is 9.59 Å². The normalized spacial score (nSPS) is 14.9. The minimum Gasteiger partial charge on any atom is -0.497 e. The summed E-state index contributed by atoms with van der Waals surface area (Å²) < 4.78 is 10.3. The molecule has 1 saturated heterocycles. The van der Waals surface area contributed by atoms with Gasteiger partial charge in [-0.3, -0.25) is 14.6 Å². The van der Waals surface area contributed by atoms with Crippen LogP contribution in [0.15, 0.2) is 48.5 Å². The van der Waals surface area contributed by atoms with Crippen molar-refractivity contribution >= 4 is 17.6 Å². The van der Waals surface area contributed by atoms with Crippen molar-refractivity contribution in [2.75, 3.05) is 51.8 Å². The van der Waals surface area contributed by atoms with Crippen LogP contribution in [0.1, 0.15) is 22.8 Å². The molecule has 1 heterocycles. The molecule has 0 atom stereocenters. The Kier molecular flexibility index (Phi) is 7.82. The second-order valence-corrected chi connectivity index (χ2v) is 7.21. The average Bonchev–Trinajstić information content (AvgIpc) is 2.76. The number of piperazine rings is 1. The third kappa shape index (κ3) is 6.05. The molecule has 0 saturated carbocycles. The summed E-state index contributed by atoms with van der Waals surface area (Å²) in [4.78, 5) is 29.1. The van der Waals surface area contributed by atoms with Crippen LogP contribution in [0.5, 0.6) is 5.75 Å². The molecule has 160 valence electrons. The molecule has 0 aliphatic carbocycles. The maximum Gasteiger partial charge on any atom is 0.340 e. The number of hydrogen-bond donors (Lipinski definition) is 1. The molecule has 2 aromatic rings. The van der Waals surface area contributed by atoms with Gasteiger partial charge in [0.1, 0.15) is 5.75 Å². The predicted octanol–water partition coefficient (Wildman–Crippen LogP) is 2.63. The number of carbonyl (C=O) groups excluding carboxylic acids is 2. The lowest BCUT2D eigenvalue weighted by Crippen LogP contribution is -2.48. The predicted molar refractivity (Wildman–Crippen MR) is 116 cm³/mol. The van der Waals surface area contributed by atoms with Crippen molar-refractivity contribution in [2.24, 2.45) is 0 Å². The van der Waals surface area contributed by atoms with Gasteiger partial charge in [-0.2, -0.15) is 0 Å². The fourth-order valence-electron chi connectivity index (χ4n) is 3.47. The Balaban J connectivity index is 1.47. The van der Waals surface area contributed by atoms with Crippen molar-refractivity contribution in [1.82, 2.24) is 9.80 Å². The van der Waals surface area contributed by atoms with Crippen LogP contribution in [0.4, 0.5) is 5.69 Å². The van der Waals surface area contributed by atoms with E-state index < -0.39 is 5.97 Å². The smallest absolute Gasteiger partial charge is 0.340 e. The summed E-state index contributed by atoms with van der Waals surface area (Å²) in [5.41, 5.74) is 2.11. The van der Waals surface area contributed by atoms with Crippen molar-refractivity contribution in [3.8, 4) is 5.75 Å². The van der Waals surface area contributed by atoms with Crippen molar-refractivity contribution in [3.05, 3.63) is 59.7 Å². The van der Waals surface area contributed by atoms with Gasteiger partial charge >= 0.3 is 5.97 Å². The molecule has 7 nitrogen and oxygen atoms in total. The summed E-state index contributed by atoms with van der Waals surface area (Å²) >= 11 is 0. The minimum atomic E-state index is -0.430. The number of carbonyl (C=O) groups is 2. The van der Waals surface area contributed by atoms with E-state index in [2.05, 4.69) is 27.2 Å². The number of rotatable bonds is 8. The van der Waals surface area contributed by atoms with E-state index in [4.69, 9.17) is 9.47 Å². The van der Waals surface area contributed by atoms with E-state index in [0.717, 1.165) is 38.5 Å². The largest absolute Gasteiger partial charge is 0.497 e. The molecule has 0 aromatic heterocycles. The molecule has 0 spiro atoms. The highest BCUT2D eigenvalue weighted by molar-refractivity contribution is 6.01. The number of benzene rings is 2. The zero-order valence-corrected chi connectivity index (χ0v) is 17.6. The first-order valence-electron chi connectivity index (χ1n) is 10.2. The van der Waals surface area contributed by atoms with Crippen LogP contribution >= 0.6 is 0 Å². The van der Waals surface area contributed by atoms with Gasteiger partial charge in [0.25, 0.3) is 0 Å².